The Morgan fingerprint density at radius 2 is 1.60 bits per heavy atom. The maximum absolute atomic E-state index is 11.9. The Morgan fingerprint density at radius 1 is 1.05 bits per heavy atom. The summed E-state index contributed by atoms with van der Waals surface area (Å²) in [5.41, 5.74) is 1.16. The van der Waals surface area contributed by atoms with Gasteiger partial charge in [0.2, 0.25) is 5.91 Å². The zero-order valence-electron chi connectivity index (χ0n) is 10.2. The van der Waals surface area contributed by atoms with Gasteiger partial charge in [0.15, 0.2) is 5.75 Å². The Hall–Kier alpha value is -1.91. The molecule has 0 saturated heterocycles. The molecule has 6 heteroatoms. The molecule has 104 valence electrons. The number of aromatic hydroxyl groups is 2. The predicted octanol–water partition coefficient (Wildman–Crippen LogP) is 3.59. The lowest BCUT2D eigenvalue weighted by Crippen LogP contribution is -2.14. The SMILES string of the molecule is O=C(Cc1ccc(O)cc1)Nc1cc(Cl)c(O)c(Cl)c1. The van der Waals surface area contributed by atoms with E-state index >= 15 is 0 Å². The van der Waals surface area contributed by atoms with Crippen LogP contribution in [-0.4, -0.2) is 16.1 Å². The molecular weight excluding hydrogens is 301 g/mol. The monoisotopic (exact) mass is 311 g/mol. The molecule has 0 atom stereocenters. The molecule has 3 N–H and O–H groups in total. The average molecular weight is 312 g/mol. The number of phenolic OH excluding ortho intramolecular Hbond substituents is 2. The number of amides is 1. The van der Waals surface area contributed by atoms with E-state index in [1.54, 1.807) is 12.1 Å². The second-order valence-electron chi connectivity index (χ2n) is 4.18. The van der Waals surface area contributed by atoms with Crippen molar-refractivity contribution >= 4 is 34.8 Å². The molecule has 2 aromatic rings. The van der Waals surface area contributed by atoms with Gasteiger partial charge in [0, 0.05) is 5.69 Å². The number of carbonyl (C=O) groups is 1. The molecule has 1 amide bonds. The van der Waals surface area contributed by atoms with Crippen molar-refractivity contribution in [3.63, 3.8) is 0 Å². The molecular formula is C14H11Cl2NO3. The van der Waals surface area contributed by atoms with Gasteiger partial charge in [0.1, 0.15) is 5.75 Å². The molecule has 0 bridgehead atoms. The van der Waals surface area contributed by atoms with Gasteiger partial charge in [-0.2, -0.15) is 0 Å². The third-order valence-corrected chi connectivity index (χ3v) is 3.18. The van der Waals surface area contributed by atoms with Crippen LogP contribution >= 0.6 is 23.2 Å². The minimum atomic E-state index is -0.256. The average Bonchev–Trinajstić information content (AvgIpc) is 2.38. The van der Waals surface area contributed by atoms with Crippen molar-refractivity contribution in [1.82, 2.24) is 0 Å². The van der Waals surface area contributed by atoms with Gasteiger partial charge in [0.25, 0.3) is 0 Å². The summed E-state index contributed by atoms with van der Waals surface area (Å²) >= 11 is 11.5. The summed E-state index contributed by atoms with van der Waals surface area (Å²) in [6.07, 6.45) is 0.149. The van der Waals surface area contributed by atoms with E-state index in [0.29, 0.717) is 5.69 Å². The van der Waals surface area contributed by atoms with Crippen LogP contribution in [0.5, 0.6) is 11.5 Å². The molecule has 4 nitrogen and oxygen atoms in total. The number of anilines is 1. The van der Waals surface area contributed by atoms with Crippen LogP contribution in [0.3, 0.4) is 0 Å². The van der Waals surface area contributed by atoms with E-state index in [1.807, 2.05) is 0 Å². The highest BCUT2D eigenvalue weighted by Gasteiger charge is 2.09. The minimum absolute atomic E-state index is 0.0671. The smallest absolute Gasteiger partial charge is 0.228 e. The van der Waals surface area contributed by atoms with E-state index in [2.05, 4.69) is 5.32 Å². The first-order valence-corrected chi connectivity index (χ1v) is 6.47. The van der Waals surface area contributed by atoms with Crippen LogP contribution in [0.2, 0.25) is 10.0 Å². The van der Waals surface area contributed by atoms with Gasteiger partial charge in [-0.05, 0) is 29.8 Å². The van der Waals surface area contributed by atoms with Crippen molar-refractivity contribution < 1.29 is 15.0 Å². The van der Waals surface area contributed by atoms with Gasteiger partial charge < -0.3 is 15.5 Å². The summed E-state index contributed by atoms with van der Waals surface area (Å²) < 4.78 is 0. The van der Waals surface area contributed by atoms with Gasteiger partial charge in [-0.25, -0.2) is 0 Å². The van der Waals surface area contributed by atoms with Crippen molar-refractivity contribution in [2.24, 2.45) is 0 Å². The van der Waals surface area contributed by atoms with Crippen LogP contribution in [-0.2, 0) is 11.2 Å². The molecule has 0 fully saturated rings. The number of hydrogen-bond acceptors (Lipinski definition) is 3. The van der Waals surface area contributed by atoms with Gasteiger partial charge in [-0.15, -0.1) is 0 Å². The summed E-state index contributed by atoms with van der Waals surface area (Å²) in [4.78, 5) is 11.9. The molecule has 0 saturated carbocycles. The number of carbonyl (C=O) groups excluding carboxylic acids is 1. The van der Waals surface area contributed by atoms with Gasteiger partial charge in [0.05, 0.1) is 16.5 Å². The third-order valence-electron chi connectivity index (χ3n) is 2.60. The Balaban J connectivity index is 2.06. The fourth-order valence-electron chi connectivity index (χ4n) is 1.64. The molecule has 0 radical (unpaired) electrons. The summed E-state index contributed by atoms with van der Waals surface area (Å²) in [6, 6.07) is 9.17. The van der Waals surface area contributed by atoms with Gasteiger partial charge >= 0.3 is 0 Å². The Bertz CT molecular complexity index is 618. The Morgan fingerprint density at radius 3 is 2.15 bits per heavy atom. The standard InChI is InChI=1S/C14H11Cl2NO3/c15-11-6-9(7-12(16)14(11)20)17-13(19)5-8-1-3-10(18)4-2-8/h1-4,6-7,18,20H,5H2,(H,17,19). The van der Waals surface area contributed by atoms with E-state index in [0.717, 1.165) is 5.56 Å². The fourth-order valence-corrected chi connectivity index (χ4v) is 2.13. The lowest BCUT2D eigenvalue weighted by Gasteiger charge is -2.08. The number of rotatable bonds is 3. The summed E-state index contributed by atoms with van der Waals surface area (Å²) in [6.45, 7) is 0. The molecule has 0 unspecified atom stereocenters. The maximum atomic E-state index is 11.9. The second-order valence-corrected chi connectivity index (χ2v) is 4.99. The Labute approximate surface area is 125 Å². The van der Waals surface area contributed by atoms with Gasteiger partial charge in [-0.1, -0.05) is 35.3 Å². The van der Waals surface area contributed by atoms with E-state index in [-0.39, 0.29) is 33.9 Å². The molecule has 0 heterocycles. The predicted molar refractivity (Wildman–Crippen MR) is 78.6 cm³/mol. The lowest BCUT2D eigenvalue weighted by atomic mass is 10.1. The molecule has 0 spiro atoms. The van der Waals surface area contributed by atoms with Crippen LogP contribution < -0.4 is 5.32 Å². The summed E-state index contributed by atoms with van der Waals surface area (Å²) in [7, 11) is 0. The minimum Gasteiger partial charge on any atom is -0.508 e. The van der Waals surface area contributed by atoms with Crippen LogP contribution in [0.1, 0.15) is 5.56 Å². The van der Waals surface area contributed by atoms with E-state index in [1.165, 1.54) is 24.3 Å². The van der Waals surface area contributed by atoms with Crippen LogP contribution in [0, 0.1) is 0 Å². The highest BCUT2D eigenvalue weighted by Crippen LogP contribution is 2.34. The first-order chi connectivity index (χ1) is 9.45. The van der Waals surface area contributed by atoms with Crippen molar-refractivity contribution in [1.29, 1.82) is 0 Å². The topological polar surface area (TPSA) is 69.6 Å². The molecule has 2 rings (SSSR count). The summed E-state index contributed by atoms with van der Waals surface area (Å²) in [5, 5.41) is 21.4. The maximum Gasteiger partial charge on any atom is 0.228 e. The van der Waals surface area contributed by atoms with E-state index in [4.69, 9.17) is 28.3 Å². The first kappa shape index (κ1) is 14.5. The second kappa shape index (κ2) is 6.03. The quantitative estimate of drug-likeness (QED) is 0.759. The van der Waals surface area contributed by atoms with Crippen LogP contribution in [0.25, 0.3) is 0 Å². The third kappa shape index (κ3) is 3.56. The lowest BCUT2D eigenvalue weighted by molar-refractivity contribution is -0.115. The molecule has 0 aliphatic heterocycles. The number of halogens is 2. The highest BCUT2D eigenvalue weighted by molar-refractivity contribution is 6.37. The normalized spacial score (nSPS) is 10.3. The fraction of sp³-hybridized carbons (Fsp3) is 0.0714. The largest absolute Gasteiger partial charge is 0.508 e. The highest BCUT2D eigenvalue weighted by atomic mass is 35.5. The number of phenols is 2. The summed E-state index contributed by atoms with van der Waals surface area (Å²) in [5.74, 6) is -0.329. The van der Waals surface area contributed by atoms with Crippen LogP contribution in [0.4, 0.5) is 5.69 Å². The van der Waals surface area contributed by atoms with Crippen molar-refractivity contribution in [3.05, 3.63) is 52.0 Å². The molecule has 0 aliphatic carbocycles. The number of nitrogens with one attached hydrogen (secondary N) is 1. The van der Waals surface area contributed by atoms with Gasteiger partial charge in [-0.3, -0.25) is 4.79 Å². The first-order valence-electron chi connectivity index (χ1n) is 5.71. The number of benzene rings is 2. The van der Waals surface area contributed by atoms with Crippen molar-refractivity contribution in [3.8, 4) is 11.5 Å². The molecule has 20 heavy (non-hydrogen) atoms. The zero-order valence-corrected chi connectivity index (χ0v) is 11.7. The molecule has 0 aliphatic rings. The number of hydrogen-bond donors (Lipinski definition) is 3. The van der Waals surface area contributed by atoms with Crippen molar-refractivity contribution in [2.45, 2.75) is 6.42 Å². The zero-order chi connectivity index (χ0) is 14.7. The van der Waals surface area contributed by atoms with Crippen LogP contribution in [0.15, 0.2) is 36.4 Å². The van der Waals surface area contributed by atoms with E-state index < -0.39 is 0 Å². The molecule has 0 aromatic heterocycles. The molecule has 2 aromatic carbocycles. The Kier molecular flexibility index (Phi) is 4.37. The van der Waals surface area contributed by atoms with E-state index in [9.17, 15) is 9.90 Å². The van der Waals surface area contributed by atoms with Crippen molar-refractivity contribution in [2.75, 3.05) is 5.32 Å².